The number of carbonyl (C=O) groups is 2. The summed E-state index contributed by atoms with van der Waals surface area (Å²) in [4.78, 5) is 52.1. The lowest BCUT2D eigenvalue weighted by Gasteiger charge is -2.28. The van der Waals surface area contributed by atoms with Crippen molar-refractivity contribution in [3.63, 3.8) is 0 Å². The largest absolute Gasteiger partial charge is 0.469 e. The number of halogens is 2. The summed E-state index contributed by atoms with van der Waals surface area (Å²) in [5.74, 6) is -2.72. The molecular formula is C19H27F2N4O6PS. The Morgan fingerprint density at radius 2 is 2.06 bits per heavy atom. The third kappa shape index (κ3) is 8.74. The molecule has 1 fully saturated rings. The summed E-state index contributed by atoms with van der Waals surface area (Å²) < 4.78 is 42.4. The summed E-state index contributed by atoms with van der Waals surface area (Å²) in [5.41, 5.74) is 6.69. The quantitative estimate of drug-likeness (QED) is 0.317. The number of hydrogen-bond donors (Lipinski definition) is 3. The second kappa shape index (κ2) is 11.5. The molecule has 1 heterocycles. The van der Waals surface area contributed by atoms with E-state index < -0.39 is 26.3 Å². The lowest BCUT2D eigenvalue weighted by molar-refractivity contribution is -0.119. The minimum absolute atomic E-state index is 0.00526. The Bertz CT molecular complexity index is 948. The summed E-state index contributed by atoms with van der Waals surface area (Å²) in [5, 5.41) is -0.347. The van der Waals surface area contributed by atoms with E-state index in [2.05, 4.69) is 14.5 Å². The number of aromatic nitrogens is 2. The van der Waals surface area contributed by atoms with Crippen molar-refractivity contribution >= 4 is 36.9 Å². The van der Waals surface area contributed by atoms with Gasteiger partial charge in [-0.15, -0.1) is 0 Å². The molecule has 10 nitrogen and oxygen atoms in total. The molecule has 33 heavy (non-hydrogen) atoms. The molecule has 0 bridgehead atoms. The predicted octanol–water partition coefficient (Wildman–Crippen LogP) is 3.14. The summed E-state index contributed by atoms with van der Waals surface area (Å²) in [6.45, 7) is 2.80. The smallest absolute Gasteiger partial charge is 0.383 e. The van der Waals surface area contributed by atoms with E-state index >= 15 is 0 Å². The van der Waals surface area contributed by atoms with Crippen LogP contribution >= 0.6 is 19.6 Å². The number of nitrogen functional groups attached to an aromatic ring is 1. The number of hydrogen-bond acceptors (Lipinski definition) is 8. The first-order chi connectivity index (χ1) is 15.3. The lowest BCUT2D eigenvalue weighted by atomic mass is 9.88. The van der Waals surface area contributed by atoms with E-state index in [-0.39, 0.29) is 49.6 Å². The monoisotopic (exact) mass is 508 g/mol. The van der Waals surface area contributed by atoms with Crippen molar-refractivity contribution in [3.05, 3.63) is 28.2 Å². The fourth-order valence-corrected chi connectivity index (χ4v) is 4.68. The zero-order valence-electron chi connectivity index (χ0n) is 18.2. The van der Waals surface area contributed by atoms with E-state index in [1.165, 1.54) is 11.1 Å². The van der Waals surface area contributed by atoms with Crippen LogP contribution in [-0.2, 0) is 25.2 Å². The number of amides is 1. The SMILES string of the molecule is C/C(=C(\CCOP(=O)(O)O)SC(=O)C1CCC(F)(F)CC1)N(C=O)Cc1cnc(C)nc1N. The van der Waals surface area contributed by atoms with Gasteiger partial charge in [0.15, 0.2) is 5.12 Å². The first-order valence-corrected chi connectivity index (χ1v) is 12.5. The Hall–Kier alpha value is -1.92. The van der Waals surface area contributed by atoms with Gasteiger partial charge in [0.1, 0.15) is 11.6 Å². The Balaban J connectivity index is 2.23. The minimum Gasteiger partial charge on any atom is -0.383 e. The number of phosphoric acid groups is 1. The van der Waals surface area contributed by atoms with Gasteiger partial charge in [-0.1, -0.05) is 11.8 Å². The van der Waals surface area contributed by atoms with Crippen molar-refractivity contribution in [1.82, 2.24) is 14.9 Å². The third-order valence-electron chi connectivity index (χ3n) is 5.18. The summed E-state index contributed by atoms with van der Waals surface area (Å²) in [6, 6.07) is 0. The van der Waals surface area contributed by atoms with Gasteiger partial charge in [-0.25, -0.2) is 23.3 Å². The van der Waals surface area contributed by atoms with Crippen LogP contribution in [0.5, 0.6) is 0 Å². The normalized spacial score (nSPS) is 17.4. The number of anilines is 1. The highest BCUT2D eigenvalue weighted by molar-refractivity contribution is 8.17. The van der Waals surface area contributed by atoms with Crippen molar-refractivity contribution in [2.75, 3.05) is 12.3 Å². The summed E-state index contributed by atoms with van der Waals surface area (Å²) in [7, 11) is -4.74. The maximum absolute atomic E-state index is 13.4. The zero-order valence-corrected chi connectivity index (χ0v) is 20.0. The van der Waals surface area contributed by atoms with Gasteiger partial charge >= 0.3 is 7.82 Å². The lowest BCUT2D eigenvalue weighted by Crippen LogP contribution is -2.28. The van der Waals surface area contributed by atoms with Crippen molar-refractivity contribution < 1.29 is 37.2 Å². The number of allylic oxidation sites excluding steroid dienone is 1. The van der Waals surface area contributed by atoms with E-state index in [4.69, 9.17) is 15.5 Å². The molecule has 1 saturated carbocycles. The molecule has 4 N–H and O–H groups in total. The van der Waals surface area contributed by atoms with Crippen LogP contribution in [0.15, 0.2) is 16.8 Å². The number of aryl methyl sites for hydroxylation is 1. The van der Waals surface area contributed by atoms with Crippen LogP contribution in [0.1, 0.15) is 50.4 Å². The molecule has 0 atom stereocenters. The summed E-state index contributed by atoms with van der Waals surface area (Å²) >= 11 is 0.771. The Morgan fingerprint density at radius 1 is 1.42 bits per heavy atom. The minimum atomic E-state index is -4.74. The molecule has 1 aliphatic carbocycles. The number of nitrogens with two attached hydrogens (primary N) is 1. The van der Waals surface area contributed by atoms with Crippen LogP contribution < -0.4 is 5.73 Å². The maximum Gasteiger partial charge on any atom is 0.469 e. The highest BCUT2D eigenvalue weighted by atomic mass is 32.2. The fourth-order valence-electron chi connectivity index (χ4n) is 3.26. The molecule has 1 aromatic rings. The topological polar surface area (TPSA) is 156 Å². The molecule has 0 spiro atoms. The van der Waals surface area contributed by atoms with Crippen molar-refractivity contribution in [2.24, 2.45) is 5.92 Å². The summed E-state index contributed by atoms with van der Waals surface area (Å²) in [6.07, 6.45) is 1.23. The average molecular weight is 508 g/mol. The average Bonchev–Trinajstić information content (AvgIpc) is 2.71. The molecule has 2 rings (SSSR count). The first-order valence-electron chi connectivity index (χ1n) is 10.1. The van der Waals surface area contributed by atoms with Gasteiger partial charge in [0, 0.05) is 47.5 Å². The standard InChI is InChI=1S/C19H27F2N4O6PS/c1-12(25(11-26)10-15-9-23-13(2)24-17(15)22)16(5-8-31-32(28,29)30)33-18(27)14-3-6-19(20,21)7-4-14/h9,11,14H,3-8,10H2,1-2H3,(H2,22,23,24)(H2,28,29,30)/b16-12-. The van der Waals surface area contributed by atoms with Crippen LogP contribution in [0.4, 0.5) is 14.6 Å². The van der Waals surface area contributed by atoms with Crippen LogP contribution in [0.3, 0.4) is 0 Å². The molecule has 0 saturated heterocycles. The third-order valence-corrected chi connectivity index (χ3v) is 6.98. The van der Waals surface area contributed by atoms with E-state index in [0.717, 1.165) is 11.8 Å². The molecule has 1 aromatic heterocycles. The van der Waals surface area contributed by atoms with Crippen LogP contribution in [-0.4, -0.2) is 48.7 Å². The van der Waals surface area contributed by atoms with Gasteiger partial charge in [-0.3, -0.25) is 14.1 Å². The van der Waals surface area contributed by atoms with Crippen molar-refractivity contribution in [1.29, 1.82) is 0 Å². The number of carbonyl (C=O) groups excluding carboxylic acids is 2. The van der Waals surface area contributed by atoms with E-state index in [1.54, 1.807) is 13.8 Å². The van der Waals surface area contributed by atoms with Crippen molar-refractivity contribution in [2.45, 2.75) is 58.4 Å². The second-order valence-corrected chi connectivity index (χ2v) is 10.0. The molecule has 14 heteroatoms. The maximum atomic E-state index is 13.4. The number of alkyl halides is 2. The molecule has 184 valence electrons. The van der Waals surface area contributed by atoms with E-state index in [9.17, 15) is 22.9 Å². The molecule has 0 radical (unpaired) electrons. The van der Waals surface area contributed by atoms with Crippen molar-refractivity contribution in [3.8, 4) is 0 Å². The molecular weight excluding hydrogens is 481 g/mol. The Kier molecular flexibility index (Phi) is 9.50. The molecule has 0 aliphatic heterocycles. The predicted molar refractivity (Wildman–Crippen MR) is 118 cm³/mol. The van der Waals surface area contributed by atoms with Crippen LogP contribution in [0.2, 0.25) is 0 Å². The van der Waals surface area contributed by atoms with Crippen LogP contribution in [0, 0.1) is 12.8 Å². The Morgan fingerprint density at radius 3 is 2.61 bits per heavy atom. The highest BCUT2D eigenvalue weighted by Gasteiger charge is 2.37. The number of thioether (sulfide) groups is 1. The Labute approximate surface area is 194 Å². The molecule has 1 amide bonds. The van der Waals surface area contributed by atoms with Gasteiger partial charge < -0.3 is 20.4 Å². The fraction of sp³-hybridized carbons (Fsp3) is 0.579. The van der Waals surface area contributed by atoms with Gasteiger partial charge in [0.05, 0.1) is 13.2 Å². The van der Waals surface area contributed by atoms with Gasteiger partial charge in [0.2, 0.25) is 12.3 Å². The van der Waals surface area contributed by atoms with Crippen LogP contribution in [0.25, 0.3) is 0 Å². The second-order valence-electron chi connectivity index (χ2n) is 7.69. The number of rotatable bonds is 10. The molecule has 1 aliphatic rings. The van der Waals surface area contributed by atoms with Gasteiger partial charge in [-0.05, 0) is 26.7 Å². The van der Waals surface area contributed by atoms with Gasteiger partial charge in [0.25, 0.3) is 0 Å². The van der Waals surface area contributed by atoms with Gasteiger partial charge in [-0.2, -0.15) is 0 Å². The van der Waals surface area contributed by atoms with E-state index in [1.807, 2.05) is 0 Å². The highest BCUT2D eigenvalue weighted by Crippen LogP contribution is 2.41. The molecule has 0 aromatic carbocycles. The number of nitrogens with zero attached hydrogens (tertiary/aromatic N) is 3. The number of phosphoric ester groups is 1. The van der Waals surface area contributed by atoms with E-state index in [0.29, 0.717) is 28.4 Å². The molecule has 0 unspecified atom stereocenters. The first kappa shape index (κ1) is 27.3. The zero-order chi connectivity index (χ0) is 24.8.